The standard InChI is InChI=1S/C18H22N2O4/c1-3-16(21)20-15-9-8-12(10-11(15)2)19-17(22)13-6-4-5-7-14(13)18(23)24/h4-5,8-10,13-14H,3,6-7H2,1-2H3,(H,19,22)(H,20,21)(H,23,24)/t13-,14+/m1/s1. The molecule has 1 aromatic rings. The Kier molecular flexibility index (Phi) is 5.73. The molecule has 24 heavy (non-hydrogen) atoms. The topological polar surface area (TPSA) is 95.5 Å². The highest BCUT2D eigenvalue weighted by atomic mass is 16.4. The lowest BCUT2D eigenvalue weighted by Gasteiger charge is -2.24. The van der Waals surface area contributed by atoms with E-state index in [1.807, 2.05) is 13.0 Å². The summed E-state index contributed by atoms with van der Waals surface area (Å²) in [4.78, 5) is 35.2. The summed E-state index contributed by atoms with van der Waals surface area (Å²) < 4.78 is 0. The first kappa shape index (κ1) is 17.7. The summed E-state index contributed by atoms with van der Waals surface area (Å²) in [7, 11) is 0. The lowest BCUT2D eigenvalue weighted by molar-refractivity contribution is -0.146. The first-order valence-electron chi connectivity index (χ1n) is 8.01. The van der Waals surface area contributed by atoms with Crippen LogP contribution in [0.15, 0.2) is 30.4 Å². The molecular formula is C18H22N2O4. The number of nitrogens with one attached hydrogen (secondary N) is 2. The second kappa shape index (κ2) is 7.77. The number of rotatable bonds is 5. The van der Waals surface area contributed by atoms with E-state index in [9.17, 15) is 19.5 Å². The molecule has 0 spiro atoms. The Hall–Kier alpha value is -2.63. The number of carbonyl (C=O) groups is 3. The molecule has 0 saturated heterocycles. The molecule has 0 fully saturated rings. The zero-order valence-electron chi connectivity index (χ0n) is 13.8. The van der Waals surface area contributed by atoms with Crippen LogP contribution in [0, 0.1) is 18.8 Å². The molecule has 2 amide bonds. The van der Waals surface area contributed by atoms with Crippen LogP contribution in [0.1, 0.15) is 31.7 Å². The van der Waals surface area contributed by atoms with E-state index in [2.05, 4.69) is 10.6 Å². The van der Waals surface area contributed by atoms with Crippen molar-refractivity contribution in [2.24, 2.45) is 11.8 Å². The SMILES string of the molecule is CCC(=O)Nc1ccc(NC(=O)[C@@H]2CC=CC[C@@H]2C(=O)O)cc1C. The predicted molar refractivity (Wildman–Crippen MR) is 91.7 cm³/mol. The molecule has 0 radical (unpaired) electrons. The maximum absolute atomic E-state index is 12.4. The number of anilines is 2. The number of aryl methyl sites for hydroxylation is 1. The van der Waals surface area contributed by atoms with Crippen molar-refractivity contribution in [1.29, 1.82) is 0 Å². The average Bonchev–Trinajstić information content (AvgIpc) is 2.57. The first-order valence-corrected chi connectivity index (χ1v) is 8.01. The fourth-order valence-corrected chi connectivity index (χ4v) is 2.73. The predicted octanol–water partition coefficient (Wildman–Crippen LogP) is 2.95. The van der Waals surface area contributed by atoms with Crippen molar-refractivity contribution < 1.29 is 19.5 Å². The second-order valence-corrected chi connectivity index (χ2v) is 5.91. The van der Waals surface area contributed by atoms with E-state index in [0.29, 0.717) is 30.6 Å². The Bertz CT molecular complexity index is 682. The molecular weight excluding hydrogens is 308 g/mol. The Balaban J connectivity index is 2.08. The number of aliphatic carboxylic acids is 1. The molecule has 0 aromatic heterocycles. The number of carboxylic acids is 1. The van der Waals surface area contributed by atoms with Crippen LogP contribution in [0.3, 0.4) is 0 Å². The summed E-state index contributed by atoms with van der Waals surface area (Å²) in [5.41, 5.74) is 2.11. The van der Waals surface area contributed by atoms with Crippen molar-refractivity contribution in [2.75, 3.05) is 10.6 Å². The minimum Gasteiger partial charge on any atom is -0.481 e. The van der Waals surface area contributed by atoms with Gasteiger partial charge in [0.25, 0.3) is 0 Å². The molecule has 128 valence electrons. The third kappa shape index (κ3) is 4.22. The molecule has 0 aliphatic heterocycles. The summed E-state index contributed by atoms with van der Waals surface area (Å²) in [5, 5.41) is 14.8. The molecule has 1 aliphatic carbocycles. The highest BCUT2D eigenvalue weighted by molar-refractivity contribution is 5.96. The Morgan fingerprint density at radius 3 is 2.38 bits per heavy atom. The molecule has 1 aromatic carbocycles. The normalized spacial score (nSPS) is 19.6. The fraction of sp³-hybridized carbons (Fsp3) is 0.389. The molecule has 0 unspecified atom stereocenters. The van der Waals surface area contributed by atoms with Crippen LogP contribution < -0.4 is 10.6 Å². The van der Waals surface area contributed by atoms with Crippen LogP contribution in [-0.2, 0) is 14.4 Å². The van der Waals surface area contributed by atoms with Crippen LogP contribution in [-0.4, -0.2) is 22.9 Å². The van der Waals surface area contributed by atoms with Crippen molar-refractivity contribution in [2.45, 2.75) is 33.1 Å². The van der Waals surface area contributed by atoms with Crippen LogP contribution in [0.4, 0.5) is 11.4 Å². The van der Waals surface area contributed by atoms with Crippen molar-refractivity contribution >= 4 is 29.2 Å². The van der Waals surface area contributed by atoms with E-state index in [0.717, 1.165) is 5.56 Å². The number of carboxylic acid groups (broad SMARTS) is 1. The number of hydrogen-bond acceptors (Lipinski definition) is 3. The lowest BCUT2D eigenvalue weighted by Crippen LogP contribution is -2.34. The zero-order valence-corrected chi connectivity index (χ0v) is 13.8. The van der Waals surface area contributed by atoms with E-state index >= 15 is 0 Å². The third-order valence-electron chi connectivity index (χ3n) is 4.18. The van der Waals surface area contributed by atoms with E-state index in [-0.39, 0.29) is 11.8 Å². The molecule has 2 atom stereocenters. The van der Waals surface area contributed by atoms with Gasteiger partial charge in [-0.3, -0.25) is 14.4 Å². The van der Waals surface area contributed by atoms with Gasteiger partial charge < -0.3 is 15.7 Å². The van der Waals surface area contributed by atoms with Gasteiger partial charge in [0.05, 0.1) is 11.8 Å². The van der Waals surface area contributed by atoms with E-state index in [1.54, 1.807) is 31.2 Å². The van der Waals surface area contributed by atoms with Gasteiger partial charge in [0.15, 0.2) is 0 Å². The first-order chi connectivity index (χ1) is 11.4. The fourth-order valence-electron chi connectivity index (χ4n) is 2.73. The van der Waals surface area contributed by atoms with Crippen molar-refractivity contribution in [3.63, 3.8) is 0 Å². The van der Waals surface area contributed by atoms with Crippen molar-refractivity contribution in [3.8, 4) is 0 Å². The second-order valence-electron chi connectivity index (χ2n) is 5.91. The quantitative estimate of drug-likeness (QED) is 0.723. The van der Waals surface area contributed by atoms with E-state index < -0.39 is 17.8 Å². The van der Waals surface area contributed by atoms with Gasteiger partial charge in [-0.25, -0.2) is 0 Å². The summed E-state index contributed by atoms with van der Waals surface area (Å²) in [5.74, 6) is -2.59. The lowest BCUT2D eigenvalue weighted by atomic mass is 9.82. The number of amides is 2. The van der Waals surface area contributed by atoms with Crippen LogP contribution in [0.5, 0.6) is 0 Å². The summed E-state index contributed by atoms with van der Waals surface area (Å²) in [6.45, 7) is 3.61. The minimum atomic E-state index is -0.951. The van der Waals surface area contributed by atoms with Gasteiger partial charge in [0.1, 0.15) is 0 Å². The molecule has 6 heteroatoms. The zero-order chi connectivity index (χ0) is 17.7. The average molecular weight is 330 g/mol. The molecule has 0 saturated carbocycles. The Morgan fingerprint density at radius 2 is 1.79 bits per heavy atom. The van der Waals surface area contributed by atoms with Gasteiger partial charge in [-0.1, -0.05) is 19.1 Å². The van der Waals surface area contributed by atoms with Gasteiger partial charge >= 0.3 is 5.97 Å². The molecule has 0 bridgehead atoms. The van der Waals surface area contributed by atoms with Gasteiger partial charge in [-0.05, 0) is 43.5 Å². The van der Waals surface area contributed by atoms with Gasteiger partial charge in [-0.15, -0.1) is 0 Å². The molecule has 6 nitrogen and oxygen atoms in total. The molecule has 2 rings (SSSR count). The summed E-state index contributed by atoms with van der Waals surface area (Å²) >= 11 is 0. The van der Waals surface area contributed by atoms with Gasteiger partial charge in [0.2, 0.25) is 11.8 Å². The third-order valence-corrected chi connectivity index (χ3v) is 4.18. The largest absolute Gasteiger partial charge is 0.481 e. The maximum atomic E-state index is 12.4. The van der Waals surface area contributed by atoms with Crippen LogP contribution >= 0.6 is 0 Å². The van der Waals surface area contributed by atoms with Gasteiger partial charge in [-0.2, -0.15) is 0 Å². The van der Waals surface area contributed by atoms with E-state index in [4.69, 9.17) is 0 Å². The number of allylic oxidation sites excluding steroid dienone is 2. The molecule has 3 N–H and O–H groups in total. The Labute approximate surface area is 140 Å². The summed E-state index contributed by atoms with van der Waals surface area (Å²) in [6, 6.07) is 5.19. The van der Waals surface area contributed by atoms with Crippen LogP contribution in [0.25, 0.3) is 0 Å². The maximum Gasteiger partial charge on any atom is 0.307 e. The highest BCUT2D eigenvalue weighted by Crippen LogP contribution is 2.28. The van der Waals surface area contributed by atoms with Crippen LogP contribution in [0.2, 0.25) is 0 Å². The number of hydrogen-bond donors (Lipinski definition) is 3. The number of carbonyl (C=O) groups excluding carboxylic acids is 2. The highest BCUT2D eigenvalue weighted by Gasteiger charge is 2.33. The van der Waals surface area contributed by atoms with Crippen molar-refractivity contribution in [3.05, 3.63) is 35.9 Å². The van der Waals surface area contributed by atoms with Crippen molar-refractivity contribution in [1.82, 2.24) is 0 Å². The Morgan fingerprint density at radius 1 is 1.12 bits per heavy atom. The molecule has 1 aliphatic rings. The number of benzene rings is 1. The summed E-state index contributed by atoms with van der Waals surface area (Å²) in [6.07, 6.45) is 4.83. The molecule has 0 heterocycles. The van der Waals surface area contributed by atoms with E-state index in [1.165, 1.54) is 0 Å². The monoisotopic (exact) mass is 330 g/mol. The minimum absolute atomic E-state index is 0.0758. The van der Waals surface area contributed by atoms with Gasteiger partial charge in [0, 0.05) is 17.8 Å². The smallest absolute Gasteiger partial charge is 0.307 e.